The molecule has 0 saturated carbocycles. The van der Waals surface area contributed by atoms with E-state index in [2.05, 4.69) is 49.0 Å². The molecule has 0 atom stereocenters. The van der Waals surface area contributed by atoms with Gasteiger partial charge in [-0.15, -0.1) is 0 Å². The van der Waals surface area contributed by atoms with E-state index < -0.39 is 0 Å². The Balaban J connectivity index is 1.72. The van der Waals surface area contributed by atoms with Crippen molar-refractivity contribution >= 4 is 50.6 Å². The maximum atomic E-state index is 12.2. The van der Waals surface area contributed by atoms with Crippen LogP contribution in [-0.4, -0.2) is 18.7 Å². The molecule has 3 aromatic rings. The molecule has 0 aliphatic rings. The van der Waals surface area contributed by atoms with Crippen LogP contribution < -0.4 is 14.9 Å². The number of nitrogens with one attached hydrogen (secondary N) is 1. The van der Waals surface area contributed by atoms with Gasteiger partial charge in [-0.2, -0.15) is 5.10 Å². The molecule has 0 bridgehead atoms. The minimum absolute atomic E-state index is 0.282. The standard InChI is InChI=1S/C23H20BrIN2O3/c1-2-29-21-12-17(14-26-27-23(28)18-9-6-10-19(24)13-18)11-20(25)22(21)30-15-16-7-4-3-5-8-16/h3-14H,2,15H2,1H3,(H,27,28)/b26-14-. The number of halogens is 2. The molecule has 0 aromatic heterocycles. The second kappa shape index (κ2) is 11.1. The fourth-order valence-corrected chi connectivity index (χ4v) is 3.84. The van der Waals surface area contributed by atoms with Gasteiger partial charge in [0, 0.05) is 10.0 Å². The lowest BCUT2D eigenvalue weighted by Gasteiger charge is -2.14. The molecular weight excluding hydrogens is 559 g/mol. The Morgan fingerprint density at radius 2 is 1.90 bits per heavy atom. The fraction of sp³-hybridized carbons (Fsp3) is 0.130. The Morgan fingerprint density at radius 3 is 2.63 bits per heavy atom. The summed E-state index contributed by atoms with van der Waals surface area (Å²) in [6.45, 7) is 2.89. The zero-order valence-electron chi connectivity index (χ0n) is 16.3. The van der Waals surface area contributed by atoms with E-state index in [1.54, 1.807) is 24.4 Å². The van der Waals surface area contributed by atoms with Gasteiger partial charge in [-0.1, -0.05) is 52.3 Å². The average molecular weight is 579 g/mol. The second-order valence-corrected chi connectivity index (χ2v) is 8.32. The smallest absolute Gasteiger partial charge is 0.271 e. The van der Waals surface area contributed by atoms with Crippen LogP contribution in [0.25, 0.3) is 0 Å². The first-order chi connectivity index (χ1) is 14.6. The van der Waals surface area contributed by atoms with Gasteiger partial charge in [-0.05, 0) is 71.0 Å². The van der Waals surface area contributed by atoms with Gasteiger partial charge in [-0.3, -0.25) is 4.79 Å². The lowest BCUT2D eigenvalue weighted by atomic mass is 10.2. The van der Waals surface area contributed by atoms with Crippen LogP contribution >= 0.6 is 38.5 Å². The fourth-order valence-electron chi connectivity index (χ4n) is 2.65. The van der Waals surface area contributed by atoms with Crippen LogP contribution in [0.4, 0.5) is 0 Å². The van der Waals surface area contributed by atoms with Gasteiger partial charge in [0.05, 0.1) is 16.4 Å². The van der Waals surface area contributed by atoms with Gasteiger partial charge in [0.1, 0.15) is 6.61 Å². The van der Waals surface area contributed by atoms with Crippen LogP contribution in [0.3, 0.4) is 0 Å². The van der Waals surface area contributed by atoms with E-state index in [1.165, 1.54) is 0 Å². The van der Waals surface area contributed by atoms with Gasteiger partial charge in [0.2, 0.25) is 0 Å². The Kier molecular flexibility index (Phi) is 8.27. The van der Waals surface area contributed by atoms with Crippen LogP contribution in [0, 0.1) is 3.57 Å². The number of amides is 1. The lowest BCUT2D eigenvalue weighted by molar-refractivity contribution is 0.0955. The predicted octanol–water partition coefficient (Wildman–Crippen LogP) is 5.80. The molecule has 0 radical (unpaired) electrons. The summed E-state index contributed by atoms with van der Waals surface area (Å²) in [4.78, 5) is 12.2. The third-order valence-electron chi connectivity index (χ3n) is 4.02. The van der Waals surface area contributed by atoms with Crippen LogP contribution in [0.15, 0.2) is 76.3 Å². The minimum atomic E-state index is -0.282. The number of benzene rings is 3. The Morgan fingerprint density at radius 1 is 1.10 bits per heavy atom. The van der Waals surface area contributed by atoms with Crippen molar-refractivity contribution in [3.63, 3.8) is 0 Å². The first-order valence-corrected chi connectivity index (χ1v) is 11.2. The lowest BCUT2D eigenvalue weighted by Crippen LogP contribution is -2.17. The maximum absolute atomic E-state index is 12.2. The van der Waals surface area contributed by atoms with Crippen molar-refractivity contribution in [2.75, 3.05) is 6.61 Å². The van der Waals surface area contributed by atoms with Crippen molar-refractivity contribution in [2.24, 2.45) is 5.10 Å². The molecule has 0 aliphatic carbocycles. The number of ether oxygens (including phenoxy) is 2. The van der Waals surface area contributed by atoms with Crippen molar-refractivity contribution in [2.45, 2.75) is 13.5 Å². The number of hydrogen-bond acceptors (Lipinski definition) is 4. The molecule has 5 nitrogen and oxygen atoms in total. The topological polar surface area (TPSA) is 59.9 Å². The van der Waals surface area contributed by atoms with Gasteiger partial charge in [0.25, 0.3) is 5.91 Å². The summed E-state index contributed by atoms with van der Waals surface area (Å²) in [7, 11) is 0. The molecule has 0 saturated heterocycles. The number of nitrogens with zero attached hydrogens (tertiary/aromatic N) is 1. The normalized spacial score (nSPS) is 10.8. The summed E-state index contributed by atoms with van der Waals surface area (Å²) < 4.78 is 13.5. The largest absolute Gasteiger partial charge is 0.490 e. The predicted molar refractivity (Wildman–Crippen MR) is 130 cm³/mol. The quantitative estimate of drug-likeness (QED) is 0.209. The molecule has 1 amide bonds. The molecule has 1 N–H and O–H groups in total. The SMILES string of the molecule is CCOc1cc(/C=N\NC(=O)c2cccc(Br)c2)cc(I)c1OCc1ccccc1. The molecule has 0 unspecified atom stereocenters. The van der Waals surface area contributed by atoms with E-state index in [1.807, 2.05) is 55.5 Å². The highest BCUT2D eigenvalue weighted by atomic mass is 127. The number of hydrogen-bond donors (Lipinski definition) is 1. The highest BCUT2D eigenvalue weighted by Crippen LogP contribution is 2.34. The van der Waals surface area contributed by atoms with Crippen LogP contribution in [0.2, 0.25) is 0 Å². The van der Waals surface area contributed by atoms with E-state index in [0.29, 0.717) is 30.3 Å². The third kappa shape index (κ3) is 6.30. The van der Waals surface area contributed by atoms with E-state index in [4.69, 9.17) is 9.47 Å². The van der Waals surface area contributed by atoms with E-state index in [0.717, 1.165) is 19.2 Å². The van der Waals surface area contributed by atoms with Gasteiger partial charge in [0.15, 0.2) is 11.5 Å². The highest BCUT2D eigenvalue weighted by Gasteiger charge is 2.12. The van der Waals surface area contributed by atoms with Gasteiger partial charge >= 0.3 is 0 Å². The number of carbonyl (C=O) groups excluding carboxylic acids is 1. The number of rotatable bonds is 8. The van der Waals surface area contributed by atoms with E-state index >= 15 is 0 Å². The van der Waals surface area contributed by atoms with Crippen molar-refractivity contribution in [3.8, 4) is 11.5 Å². The molecule has 3 rings (SSSR count). The first-order valence-electron chi connectivity index (χ1n) is 9.29. The molecule has 0 aliphatic heterocycles. The minimum Gasteiger partial charge on any atom is -0.490 e. The third-order valence-corrected chi connectivity index (χ3v) is 5.32. The molecule has 3 aromatic carbocycles. The van der Waals surface area contributed by atoms with Crippen molar-refractivity contribution in [1.82, 2.24) is 5.43 Å². The van der Waals surface area contributed by atoms with E-state index in [9.17, 15) is 4.79 Å². The van der Waals surface area contributed by atoms with Crippen LogP contribution in [0.1, 0.15) is 28.4 Å². The number of hydrazone groups is 1. The summed E-state index contributed by atoms with van der Waals surface area (Å²) in [6, 6.07) is 20.9. The van der Waals surface area contributed by atoms with E-state index in [-0.39, 0.29) is 5.91 Å². The van der Waals surface area contributed by atoms with Gasteiger partial charge < -0.3 is 9.47 Å². The highest BCUT2D eigenvalue weighted by molar-refractivity contribution is 14.1. The second-order valence-electron chi connectivity index (χ2n) is 6.25. The summed E-state index contributed by atoms with van der Waals surface area (Å²) in [5, 5.41) is 4.07. The molecule has 154 valence electrons. The molecule has 0 spiro atoms. The maximum Gasteiger partial charge on any atom is 0.271 e. The van der Waals surface area contributed by atoms with Crippen molar-refractivity contribution < 1.29 is 14.3 Å². The van der Waals surface area contributed by atoms with Gasteiger partial charge in [-0.25, -0.2) is 5.43 Å². The Labute approximate surface area is 197 Å². The molecule has 0 fully saturated rings. The average Bonchev–Trinajstić information content (AvgIpc) is 2.74. The molecule has 0 heterocycles. The summed E-state index contributed by atoms with van der Waals surface area (Å²) in [5.74, 6) is 1.05. The first kappa shape index (κ1) is 22.3. The zero-order chi connectivity index (χ0) is 21.3. The summed E-state index contributed by atoms with van der Waals surface area (Å²) in [5.41, 5.74) is 4.94. The number of carbonyl (C=O) groups is 1. The summed E-state index contributed by atoms with van der Waals surface area (Å²) in [6.07, 6.45) is 1.58. The molecule has 7 heteroatoms. The molecule has 30 heavy (non-hydrogen) atoms. The summed E-state index contributed by atoms with van der Waals surface area (Å²) >= 11 is 5.57. The monoisotopic (exact) mass is 578 g/mol. The Hall–Kier alpha value is -2.39. The van der Waals surface area contributed by atoms with Crippen molar-refractivity contribution in [1.29, 1.82) is 0 Å². The molecular formula is C23H20BrIN2O3. The Bertz CT molecular complexity index is 1040. The van der Waals surface area contributed by atoms with Crippen LogP contribution in [0.5, 0.6) is 11.5 Å². The van der Waals surface area contributed by atoms with Crippen LogP contribution in [-0.2, 0) is 6.61 Å². The zero-order valence-corrected chi connectivity index (χ0v) is 20.0. The van der Waals surface area contributed by atoms with Crippen molar-refractivity contribution in [3.05, 3.63) is 91.5 Å².